The van der Waals surface area contributed by atoms with Crippen LogP contribution < -0.4 is 10.1 Å². The van der Waals surface area contributed by atoms with Crippen LogP contribution in [0.25, 0.3) is 11.1 Å². The molecule has 7 nitrogen and oxygen atoms in total. The fourth-order valence-electron chi connectivity index (χ4n) is 4.38. The number of nitrogens with one attached hydrogen (secondary N) is 1. The largest absolute Gasteiger partial charge is 0.573 e. The highest BCUT2D eigenvalue weighted by atomic mass is 19.4. The van der Waals surface area contributed by atoms with Gasteiger partial charge in [-0.15, -0.1) is 13.2 Å². The van der Waals surface area contributed by atoms with Crippen molar-refractivity contribution in [1.29, 1.82) is 0 Å². The third-order valence-electron chi connectivity index (χ3n) is 6.67. The molecule has 3 N–H and O–H groups in total. The number of rotatable bonds is 8. The maximum Gasteiger partial charge on any atom is 0.573 e. The monoisotopic (exact) mass is 528 g/mol. The maximum absolute atomic E-state index is 13.2. The van der Waals surface area contributed by atoms with E-state index < -0.39 is 23.4 Å². The normalized spacial score (nSPS) is 14.0. The number of alkyl halides is 3. The summed E-state index contributed by atoms with van der Waals surface area (Å²) in [6.45, 7) is 4.75. The van der Waals surface area contributed by atoms with Crippen LogP contribution in [0.1, 0.15) is 42.6 Å². The van der Waals surface area contributed by atoms with E-state index in [9.17, 15) is 33.0 Å². The Hall–Kier alpha value is -4.21. The Morgan fingerprint density at radius 1 is 0.947 bits per heavy atom. The highest BCUT2D eigenvalue weighted by molar-refractivity contribution is 6.02. The van der Waals surface area contributed by atoms with E-state index in [1.54, 1.807) is 11.0 Å². The first-order valence-corrected chi connectivity index (χ1v) is 12.1. The molecular weight excluding hydrogens is 501 g/mol. The predicted molar refractivity (Wildman–Crippen MR) is 135 cm³/mol. The summed E-state index contributed by atoms with van der Waals surface area (Å²) in [6.07, 6.45) is -3.92. The summed E-state index contributed by atoms with van der Waals surface area (Å²) in [7, 11) is 0. The lowest BCUT2D eigenvalue weighted by atomic mass is 9.94. The molecule has 0 aliphatic heterocycles. The van der Waals surface area contributed by atoms with Crippen molar-refractivity contribution in [1.82, 2.24) is 4.90 Å². The molecule has 200 valence electrons. The molecule has 3 aromatic rings. The van der Waals surface area contributed by atoms with Gasteiger partial charge in [-0.25, -0.2) is 0 Å². The topological polar surface area (TPSA) is 99.1 Å². The Balaban J connectivity index is 1.64. The number of amides is 2. The second-order valence-corrected chi connectivity index (χ2v) is 9.05. The van der Waals surface area contributed by atoms with Gasteiger partial charge >= 0.3 is 6.36 Å². The van der Waals surface area contributed by atoms with Crippen LogP contribution in [-0.4, -0.2) is 46.4 Å². The minimum Gasteiger partial charge on any atom is -0.504 e. The van der Waals surface area contributed by atoms with Crippen molar-refractivity contribution in [3.63, 3.8) is 0 Å². The molecule has 0 radical (unpaired) electrons. The minimum absolute atomic E-state index is 0.0779. The Morgan fingerprint density at radius 3 is 2.16 bits per heavy atom. The van der Waals surface area contributed by atoms with Crippen molar-refractivity contribution in [3.8, 4) is 28.4 Å². The molecule has 0 saturated heterocycles. The van der Waals surface area contributed by atoms with Gasteiger partial charge < -0.3 is 25.2 Å². The van der Waals surface area contributed by atoms with Crippen LogP contribution >= 0.6 is 0 Å². The maximum atomic E-state index is 13.2. The van der Waals surface area contributed by atoms with Gasteiger partial charge in [0.15, 0.2) is 11.5 Å². The van der Waals surface area contributed by atoms with E-state index in [2.05, 4.69) is 10.1 Å². The molecule has 0 heterocycles. The second-order valence-electron chi connectivity index (χ2n) is 9.05. The Morgan fingerprint density at radius 2 is 1.61 bits per heavy atom. The van der Waals surface area contributed by atoms with Gasteiger partial charge in [0.1, 0.15) is 5.75 Å². The lowest BCUT2D eigenvalue weighted by Gasteiger charge is -2.20. The zero-order valence-electron chi connectivity index (χ0n) is 20.8. The summed E-state index contributed by atoms with van der Waals surface area (Å²) >= 11 is 0. The van der Waals surface area contributed by atoms with Gasteiger partial charge in [0.25, 0.3) is 5.91 Å². The van der Waals surface area contributed by atoms with E-state index in [1.807, 2.05) is 13.8 Å². The van der Waals surface area contributed by atoms with Crippen molar-refractivity contribution in [2.45, 2.75) is 38.5 Å². The summed E-state index contributed by atoms with van der Waals surface area (Å²) in [5.41, 5.74) is 0.690. The van der Waals surface area contributed by atoms with Crippen molar-refractivity contribution in [2.24, 2.45) is 0 Å². The summed E-state index contributed by atoms with van der Waals surface area (Å²) < 4.78 is 43.6. The third kappa shape index (κ3) is 5.53. The molecule has 38 heavy (non-hydrogen) atoms. The van der Waals surface area contributed by atoms with Crippen molar-refractivity contribution >= 4 is 17.5 Å². The van der Waals surface area contributed by atoms with Gasteiger partial charge in [-0.1, -0.05) is 18.2 Å². The number of nitrogens with zero attached hydrogens (tertiary/aromatic N) is 1. The molecule has 0 aromatic heterocycles. The van der Waals surface area contributed by atoms with Gasteiger partial charge in [-0.05, 0) is 80.3 Å². The molecule has 0 spiro atoms. The van der Waals surface area contributed by atoms with Crippen LogP contribution in [0.15, 0.2) is 60.7 Å². The number of aromatic hydroxyl groups is 2. The average molecular weight is 529 g/mol. The second kappa shape index (κ2) is 10.3. The van der Waals surface area contributed by atoms with Gasteiger partial charge in [-0.2, -0.15) is 0 Å². The van der Waals surface area contributed by atoms with E-state index >= 15 is 0 Å². The first-order valence-electron chi connectivity index (χ1n) is 12.1. The Bertz CT molecular complexity index is 1350. The molecule has 10 heteroatoms. The van der Waals surface area contributed by atoms with Crippen LogP contribution in [0, 0.1) is 0 Å². The zero-order valence-corrected chi connectivity index (χ0v) is 20.8. The summed E-state index contributed by atoms with van der Waals surface area (Å²) in [5, 5.41) is 22.2. The van der Waals surface area contributed by atoms with Crippen LogP contribution in [0.4, 0.5) is 18.9 Å². The van der Waals surface area contributed by atoms with Gasteiger partial charge in [0.05, 0.1) is 5.41 Å². The Kier molecular flexibility index (Phi) is 7.26. The van der Waals surface area contributed by atoms with Gasteiger partial charge in [0, 0.05) is 29.9 Å². The standard InChI is InChI=1S/C28H27F3N2O5/c1-3-33(4-2)25(36)18-7-5-17(6-8-18)21-16-20(10-12-24(21)38-28(29,30)31)32-26(37)27(13-14-27)19-9-11-22(34)23(35)15-19/h5-12,15-16,34-35H,3-4,13-14H2,1-2H3,(H,32,37). The number of hydrogen-bond donors (Lipinski definition) is 3. The molecule has 3 aromatic carbocycles. The molecule has 0 bridgehead atoms. The molecule has 1 aliphatic carbocycles. The van der Waals surface area contributed by atoms with Crippen LogP contribution in [0.3, 0.4) is 0 Å². The third-order valence-corrected chi connectivity index (χ3v) is 6.67. The number of phenolic OH excluding ortho intramolecular Hbond substituents is 2. The minimum atomic E-state index is -4.93. The fourth-order valence-corrected chi connectivity index (χ4v) is 4.38. The van der Waals surface area contributed by atoms with Crippen molar-refractivity contribution in [3.05, 3.63) is 71.8 Å². The van der Waals surface area contributed by atoms with Crippen molar-refractivity contribution < 1.29 is 37.7 Å². The zero-order chi connectivity index (χ0) is 27.7. The number of ether oxygens (including phenoxy) is 1. The lowest BCUT2D eigenvalue weighted by molar-refractivity contribution is -0.274. The number of phenols is 2. The van der Waals surface area contributed by atoms with Crippen LogP contribution in [-0.2, 0) is 10.2 Å². The molecule has 4 rings (SSSR count). The first-order chi connectivity index (χ1) is 18.0. The smallest absolute Gasteiger partial charge is 0.504 e. The highest BCUT2D eigenvalue weighted by Gasteiger charge is 2.51. The molecule has 1 fully saturated rings. The predicted octanol–water partition coefficient (Wildman–Crippen LogP) is 5.82. The molecule has 2 amide bonds. The van der Waals surface area contributed by atoms with E-state index in [-0.39, 0.29) is 28.7 Å². The van der Waals surface area contributed by atoms with E-state index in [1.165, 1.54) is 48.5 Å². The van der Waals surface area contributed by atoms with Crippen LogP contribution in [0.5, 0.6) is 17.2 Å². The molecule has 0 unspecified atom stereocenters. The Labute approximate surface area is 217 Å². The average Bonchev–Trinajstić information content (AvgIpc) is 3.69. The SMILES string of the molecule is CCN(CC)C(=O)c1ccc(-c2cc(NC(=O)C3(c4ccc(O)c(O)c4)CC3)ccc2OC(F)(F)F)cc1. The quantitative estimate of drug-likeness (QED) is 0.320. The molecule has 1 aliphatic rings. The van der Waals surface area contributed by atoms with E-state index in [0.717, 1.165) is 6.07 Å². The molecule has 0 atom stereocenters. The van der Waals surface area contributed by atoms with E-state index in [0.29, 0.717) is 42.6 Å². The van der Waals surface area contributed by atoms with Crippen molar-refractivity contribution in [2.75, 3.05) is 18.4 Å². The number of hydrogen-bond acceptors (Lipinski definition) is 5. The van der Waals surface area contributed by atoms with Gasteiger partial charge in [-0.3, -0.25) is 9.59 Å². The summed E-state index contributed by atoms with van der Waals surface area (Å²) in [6, 6.07) is 14.1. The number of carbonyl (C=O) groups excluding carboxylic acids is 2. The summed E-state index contributed by atoms with van der Waals surface area (Å²) in [5.74, 6) is -1.69. The number of benzene rings is 3. The molecule has 1 saturated carbocycles. The highest BCUT2D eigenvalue weighted by Crippen LogP contribution is 2.50. The number of halogens is 3. The van der Waals surface area contributed by atoms with E-state index in [4.69, 9.17) is 0 Å². The lowest BCUT2D eigenvalue weighted by Crippen LogP contribution is -2.30. The summed E-state index contributed by atoms with van der Waals surface area (Å²) in [4.78, 5) is 27.4. The van der Waals surface area contributed by atoms with Crippen LogP contribution in [0.2, 0.25) is 0 Å². The number of anilines is 1. The number of carbonyl (C=O) groups is 2. The first kappa shape index (κ1) is 26.8. The fraction of sp³-hybridized carbons (Fsp3) is 0.286. The van der Waals surface area contributed by atoms with Gasteiger partial charge in [0.2, 0.25) is 5.91 Å². The molecular formula is C28H27F3N2O5.